The summed E-state index contributed by atoms with van der Waals surface area (Å²) < 4.78 is 0. The van der Waals surface area contributed by atoms with Crippen molar-refractivity contribution in [3.05, 3.63) is 24.3 Å². The van der Waals surface area contributed by atoms with E-state index in [9.17, 15) is 0 Å². The molecule has 0 aromatic heterocycles. The smallest absolute Gasteiger partial charge is 0.0106 e. The summed E-state index contributed by atoms with van der Waals surface area (Å²) in [6.45, 7) is 1.30. The molecule has 0 aromatic rings. The second-order valence-corrected chi connectivity index (χ2v) is 2.35. The fourth-order valence-electron chi connectivity index (χ4n) is 0.782. The molecule has 0 saturated heterocycles. The van der Waals surface area contributed by atoms with E-state index in [1.807, 2.05) is 12.2 Å². The van der Waals surface area contributed by atoms with Crippen LogP contribution < -0.4 is 11.5 Å². The molecule has 0 unspecified atom stereocenters. The normalized spacial score (nSPS) is 11.8. The van der Waals surface area contributed by atoms with Crippen molar-refractivity contribution in [3.8, 4) is 0 Å². The first-order valence-electron chi connectivity index (χ1n) is 4.12. The maximum absolute atomic E-state index is 5.27. The number of nitrogens with two attached hydrogens (primary N) is 2. The van der Waals surface area contributed by atoms with E-state index < -0.39 is 0 Å². The van der Waals surface area contributed by atoms with E-state index in [0.717, 1.165) is 12.8 Å². The lowest BCUT2D eigenvalue weighted by molar-refractivity contribution is 0.863. The lowest BCUT2D eigenvalue weighted by atomic mass is 10.2. The Morgan fingerprint density at radius 3 is 1.55 bits per heavy atom. The Hall–Kier alpha value is -0.600. The predicted octanol–water partition coefficient (Wildman–Crippen LogP) is 1.19. The van der Waals surface area contributed by atoms with Crippen molar-refractivity contribution in [2.45, 2.75) is 19.3 Å². The minimum absolute atomic E-state index is 0.651. The van der Waals surface area contributed by atoms with Gasteiger partial charge in [0.1, 0.15) is 0 Å². The third kappa shape index (κ3) is 9.40. The zero-order valence-corrected chi connectivity index (χ0v) is 7.00. The van der Waals surface area contributed by atoms with Gasteiger partial charge in [-0.1, -0.05) is 24.3 Å². The molecule has 11 heavy (non-hydrogen) atoms. The second-order valence-electron chi connectivity index (χ2n) is 2.35. The van der Waals surface area contributed by atoms with E-state index in [4.69, 9.17) is 11.5 Å². The Morgan fingerprint density at radius 2 is 1.18 bits per heavy atom. The van der Waals surface area contributed by atoms with Crippen molar-refractivity contribution in [1.29, 1.82) is 0 Å². The molecular weight excluding hydrogens is 136 g/mol. The lowest BCUT2D eigenvalue weighted by Gasteiger charge is -1.89. The van der Waals surface area contributed by atoms with Gasteiger partial charge in [-0.15, -0.1) is 0 Å². The predicted molar refractivity (Wildman–Crippen MR) is 50.2 cm³/mol. The highest BCUT2D eigenvalue weighted by Gasteiger charge is 1.78. The Labute approximate surface area is 69.0 Å². The SMILES string of the molecule is NCC=CCCCC=CCN. The minimum Gasteiger partial charge on any atom is -0.327 e. The van der Waals surface area contributed by atoms with E-state index in [1.165, 1.54) is 6.42 Å². The molecule has 0 amide bonds. The molecule has 4 N–H and O–H groups in total. The van der Waals surface area contributed by atoms with Gasteiger partial charge in [0.15, 0.2) is 0 Å². The van der Waals surface area contributed by atoms with Gasteiger partial charge in [0, 0.05) is 13.1 Å². The number of hydrogen-bond acceptors (Lipinski definition) is 2. The second kappa shape index (κ2) is 9.40. The van der Waals surface area contributed by atoms with Gasteiger partial charge in [0.05, 0.1) is 0 Å². The van der Waals surface area contributed by atoms with Crippen LogP contribution in [0.4, 0.5) is 0 Å². The number of rotatable bonds is 6. The Morgan fingerprint density at radius 1 is 0.727 bits per heavy atom. The summed E-state index contributed by atoms with van der Waals surface area (Å²) in [7, 11) is 0. The molecule has 0 aliphatic rings. The number of hydrogen-bond donors (Lipinski definition) is 2. The standard InChI is InChI=1S/C9H18N2/c10-8-6-4-2-1-3-5-7-9-11/h4-7H,1-3,8-11H2. The van der Waals surface area contributed by atoms with Gasteiger partial charge in [-0.25, -0.2) is 0 Å². The monoisotopic (exact) mass is 154 g/mol. The van der Waals surface area contributed by atoms with Crippen molar-refractivity contribution >= 4 is 0 Å². The van der Waals surface area contributed by atoms with Crippen LogP contribution >= 0.6 is 0 Å². The van der Waals surface area contributed by atoms with Crippen LogP contribution in [0.25, 0.3) is 0 Å². The van der Waals surface area contributed by atoms with E-state index in [0.29, 0.717) is 13.1 Å². The molecule has 0 atom stereocenters. The largest absolute Gasteiger partial charge is 0.327 e. The Balaban J connectivity index is 3.02. The first-order valence-corrected chi connectivity index (χ1v) is 4.12. The lowest BCUT2D eigenvalue weighted by Crippen LogP contribution is -1.92. The van der Waals surface area contributed by atoms with Gasteiger partial charge in [-0.2, -0.15) is 0 Å². The van der Waals surface area contributed by atoms with Gasteiger partial charge >= 0.3 is 0 Å². The van der Waals surface area contributed by atoms with Crippen LogP contribution in [0.2, 0.25) is 0 Å². The van der Waals surface area contributed by atoms with Gasteiger partial charge in [0.2, 0.25) is 0 Å². The van der Waals surface area contributed by atoms with E-state index in [1.54, 1.807) is 0 Å². The Kier molecular flexibility index (Phi) is 8.89. The molecule has 0 aliphatic carbocycles. The van der Waals surface area contributed by atoms with E-state index in [-0.39, 0.29) is 0 Å². The molecule has 64 valence electrons. The molecule has 2 nitrogen and oxygen atoms in total. The van der Waals surface area contributed by atoms with Gasteiger partial charge in [-0.05, 0) is 19.3 Å². The third-order valence-corrected chi connectivity index (χ3v) is 1.35. The molecular formula is C9H18N2. The van der Waals surface area contributed by atoms with Crippen LogP contribution in [0.15, 0.2) is 24.3 Å². The average molecular weight is 154 g/mol. The summed E-state index contributed by atoms with van der Waals surface area (Å²) in [5.74, 6) is 0. The molecule has 0 heterocycles. The maximum Gasteiger partial charge on any atom is 0.0106 e. The minimum atomic E-state index is 0.651. The zero-order chi connectivity index (χ0) is 8.36. The summed E-state index contributed by atoms with van der Waals surface area (Å²) >= 11 is 0. The van der Waals surface area contributed by atoms with Crippen LogP contribution in [0.3, 0.4) is 0 Å². The highest BCUT2D eigenvalue weighted by Crippen LogP contribution is 1.96. The molecule has 0 aromatic carbocycles. The highest BCUT2D eigenvalue weighted by atomic mass is 14.5. The molecule has 0 radical (unpaired) electrons. The van der Waals surface area contributed by atoms with Gasteiger partial charge in [0.25, 0.3) is 0 Å². The fourth-order valence-corrected chi connectivity index (χ4v) is 0.782. The van der Waals surface area contributed by atoms with E-state index >= 15 is 0 Å². The van der Waals surface area contributed by atoms with Crippen molar-refractivity contribution in [2.75, 3.05) is 13.1 Å². The summed E-state index contributed by atoms with van der Waals surface area (Å²) in [5, 5.41) is 0. The molecule has 0 bridgehead atoms. The van der Waals surface area contributed by atoms with Crippen molar-refractivity contribution < 1.29 is 0 Å². The van der Waals surface area contributed by atoms with Crippen LogP contribution in [-0.2, 0) is 0 Å². The zero-order valence-electron chi connectivity index (χ0n) is 7.00. The van der Waals surface area contributed by atoms with E-state index in [2.05, 4.69) is 12.2 Å². The van der Waals surface area contributed by atoms with Gasteiger partial charge in [-0.3, -0.25) is 0 Å². The molecule has 0 spiro atoms. The van der Waals surface area contributed by atoms with Crippen LogP contribution in [0.1, 0.15) is 19.3 Å². The quantitative estimate of drug-likeness (QED) is 0.446. The average Bonchev–Trinajstić information content (AvgIpc) is 2.03. The Bertz CT molecular complexity index is 103. The van der Waals surface area contributed by atoms with Crippen LogP contribution in [0.5, 0.6) is 0 Å². The van der Waals surface area contributed by atoms with Crippen LogP contribution in [-0.4, -0.2) is 13.1 Å². The van der Waals surface area contributed by atoms with Gasteiger partial charge < -0.3 is 11.5 Å². The first-order chi connectivity index (χ1) is 5.41. The summed E-state index contributed by atoms with van der Waals surface area (Å²) in [6.07, 6.45) is 11.6. The molecule has 0 saturated carbocycles. The molecule has 2 heteroatoms. The van der Waals surface area contributed by atoms with Crippen LogP contribution in [0, 0.1) is 0 Å². The number of allylic oxidation sites excluding steroid dienone is 2. The van der Waals surface area contributed by atoms with Crippen molar-refractivity contribution in [3.63, 3.8) is 0 Å². The highest BCUT2D eigenvalue weighted by molar-refractivity contribution is 4.86. The molecule has 0 fully saturated rings. The molecule has 0 rings (SSSR count). The first kappa shape index (κ1) is 10.4. The summed E-state index contributed by atoms with van der Waals surface area (Å²) in [4.78, 5) is 0. The summed E-state index contributed by atoms with van der Waals surface area (Å²) in [6, 6.07) is 0. The summed E-state index contributed by atoms with van der Waals surface area (Å²) in [5.41, 5.74) is 10.5. The van der Waals surface area contributed by atoms with Crippen molar-refractivity contribution in [1.82, 2.24) is 0 Å². The van der Waals surface area contributed by atoms with Crippen molar-refractivity contribution in [2.24, 2.45) is 11.5 Å². The fraction of sp³-hybridized carbons (Fsp3) is 0.556. The topological polar surface area (TPSA) is 52.0 Å². The maximum atomic E-state index is 5.27. The third-order valence-electron chi connectivity index (χ3n) is 1.35. The molecule has 0 aliphatic heterocycles. The number of unbranched alkanes of at least 4 members (excludes halogenated alkanes) is 2.